The second kappa shape index (κ2) is 83.2. The first kappa shape index (κ1) is 91.8. The van der Waals surface area contributed by atoms with Gasteiger partial charge in [0.1, 0.15) is 0 Å². The summed E-state index contributed by atoms with van der Waals surface area (Å²) in [6, 6.07) is -0.541. The molecule has 0 fully saturated rings. The van der Waals surface area contributed by atoms with Gasteiger partial charge in [0, 0.05) is 12.8 Å². The molecular weight excluding hydrogens is 1150 g/mol. The van der Waals surface area contributed by atoms with Crippen LogP contribution in [0.5, 0.6) is 0 Å². The zero-order valence-corrected chi connectivity index (χ0v) is 63.7. The van der Waals surface area contributed by atoms with Crippen molar-refractivity contribution in [3.05, 3.63) is 48.6 Å². The van der Waals surface area contributed by atoms with Crippen molar-refractivity contribution in [2.45, 2.75) is 488 Å². The predicted octanol–water partition coefficient (Wildman–Crippen LogP) is 28.7. The van der Waals surface area contributed by atoms with Gasteiger partial charge in [-0.05, 0) is 89.9 Å². The van der Waals surface area contributed by atoms with E-state index in [0.717, 1.165) is 57.8 Å². The van der Waals surface area contributed by atoms with Crippen molar-refractivity contribution in [1.29, 1.82) is 0 Å². The van der Waals surface area contributed by atoms with E-state index in [4.69, 9.17) is 4.74 Å². The van der Waals surface area contributed by atoms with E-state index < -0.39 is 12.1 Å². The fourth-order valence-corrected chi connectivity index (χ4v) is 13.6. The van der Waals surface area contributed by atoms with Crippen LogP contribution in [0, 0.1) is 0 Å². The summed E-state index contributed by atoms with van der Waals surface area (Å²) in [6.45, 7) is 4.98. The number of carbonyl (C=O) groups is 2. The number of nitrogens with one attached hydrogen (secondary N) is 1. The van der Waals surface area contributed by atoms with Crippen LogP contribution in [0.2, 0.25) is 0 Å². The molecular formula is C88H167NO5. The Morgan fingerprint density at radius 3 is 0.830 bits per heavy atom. The number of aliphatic hydroxyl groups excluding tert-OH is 2. The molecule has 0 rings (SSSR count). The number of aliphatic hydroxyl groups is 2. The van der Waals surface area contributed by atoms with E-state index in [1.54, 1.807) is 0 Å². The highest BCUT2D eigenvalue weighted by molar-refractivity contribution is 5.76. The zero-order chi connectivity index (χ0) is 67.7. The monoisotopic (exact) mass is 1320 g/mol. The van der Waals surface area contributed by atoms with Crippen LogP contribution in [0.15, 0.2) is 48.6 Å². The lowest BCUT2D eigenvalue weighted by Gasteiger charge is -2.22. The Kier molecular flexibility index (Phi) is 81.3. The number of hydrogen-bond acceptors (Lipinski definition) is 5. The highest BCUT2D eigenvalue weighted by Gasteiger charge is 2.20. The van der Waals surface area contributed by atoms with Gasteiger partial charge in [-0.1, -0.05) is 422 Å². The van der Waals surface area contributed by atoms with Gasteiger partial charge in [-0.3, -0.25) is 9.59 Å². The minimum absolute atomic E-state index is 0.0157. The minimum Gasteiger partial charge on any atom is -0.466 e. The predicted molar refractivity (Wildman–Crippen MR) is 416 cm³/mol. The van der Waals surface area contributed by atoms with E-state index in [1.807, 2.05) is 0 Å². The molecule has 2 unspecified atom stereocenters. The molecule has 2 atom stereocenters. The first-order valence-electron chi connectivity index (χ1n) is 42.9. The van der Waals surface area contributed by atoms with Gasteiger partial charge in [-0.2, -0.15) is 0 Å². The standard InChI is InChI=1S/C88H167NO5/c1-3-5-7-9-11-13-15-17-19-21-23-41-45-48-52-56-60-64-68-72-76-80-86(91)85(84-90)89-87(92)81-77-73-69-65-61-57-53-49-46-42-39-37-35-33-31-29-27-25-24-26-28-30-32-34-36-38-40-43-47-51-55-59-63-67-71-75-79-83-94-88(93)82-78-74-70-66-62-58-54-50-44-22-20-18-16-14-12-10-8-6-4-2/h12,14,18,20,24,26,30,32,85-86,90-91H,3-11,13,15-17,19,21-23,25,27-29,31,33-84H2,1-2H3,(H,89,92)/b14-12-,20-18-,26-24-,32-30-. The molecule has 1 amide bonds. The maximum absolute atomic E-state index is 12.6. The van der Waals surface area contributed by atoms with Gasteiger partial charge >= 0.3 is 5.97 Å². The highest BCUT2D eigenvalue weighted by atomic mass is 16.5. The first-order valence-corrected chi connectivity index (χ1v) is 42.9. The molecule has 0 aliphatic rings. The summed E-state index contributed by atoms with van der Waals surface area (Å²) in [4.78, 5) is 24.7. The van der Waals surface area contributed by atoms with Gasteiger partial charge in [0.2, 0.25) is 5.91 Å². The normalized spacial score (nSPS) is 12.7. The quantitative estimate of drug-likeness (QED) is 0.0320. The molecule has 0 aliphatic heterocycles. The summed E-state index contributed by atoms with van der Waals surface area (Å²) in [5.74, 6) is -0.0115. The van der Waals surface area contributed by atoms with Crippen LogP contribution in [-0.4, -0.2) is 47.4 Å². The van der Waals surface area contributed by atoms with E-state index in [2.05, 4.69) is 67.8 Å². The summed E-state index contributed by atoms with van der Waals surface area (Å²) < 4.78 is 5.52. The summed E-state index contributed by atoms with van der Waals surface area (Å²) in [5, 5.41) is 23.5. The number of ether oxygens (including phenoxy) is 1. The van der Waals surface area contributed by atoms with Crippen molar-refractivity contribution < 1.29 is 24.5 Å². The lowest BCUT2D eigenvalue weighted by atomic mass is 10.0. The van der Waals surface area contributed by atoms with Crippen molar-refractivity contribution in [1.82, 2.24) is 5.32 Å². The van der Waals surface area contributed by atoms with Crippen LogP contribution >= 0.6 is 0 Å². The Morgan fingerprint density at radius 1 is 0.298 bits per heavy atom. The fourth-order valence-electron chi connectivity index (χ4n) is 13.6. The van der Waals surface area contributed by atoms with Crippen LogP contribution in [0.4, 0.5) is 0 Å². The van der Waals surface area contributed by atoms with E-state index >= 15 is 0 Å². The topological polar surface area (TPSA) is 95.9 Å². The van der Waals surface area contributed by atoms with Crippen molar-refractivity contribution in [3.8, 4) is 0 Å². The molecule has 6 heteroatoms. The van der Waals surface area contributed by atoms with E-state index in [0.29, 0.717) is 25.9 Å². The molecule has 0 spiro atoms. The Labute approximate surface area is 588 Å². The molecule has 0 saturated carbocycles. The minimum atomic E-state index is -0.664. The number of allylic oxidation sites excluding steroid dienone is 8. The smallest absolute Gasteiger partial charge is 0.305 e. The van der Waals surface area contributed by atoms with Crippen molar-refractivity contribution >= 4 is 11.9 Å². The molecule has 3 N–H and O–H groups in total. The average Bonchev–Trinajstić information content (AvgIpc) is 3.66. The number of amides is 1. The molecule has 0 saturated heterocycles. The lowest BCUT2D eigenvalue weighted by molar-refractivity contribution is -0.143. The third-order valence-electron chi connectivity index (χ3n) is 20.1. The number of unbranched alkanes of at least 4 members (excludes halogenated alkanes) is 62. The molecule has 6 nitrogen and oxygen atoms in total. The number of hydrogen-bond donors (Lipinski definition) is 3. The molecule has 0 bridgehead atoms. The SMILES string of the molecule is CCCCC/C=C\C/C=C\CCCCCCCCCCCC(=O)OCCCCCCCCCCCCCCC/C=C\C/C=C\CCCCCCCCCCCCCCCCCCCC(=O)NC(CO)C(O)CCCCCCCCCCCCCCCCCCCCCCC. The molecule has 0 aromatic heterocycles. The van der Waals surface area contributed by atoms with Crippen LogP contribution in [0.25, 0.3) is 0 Å². The molecule has 0 aliphatic carbocycles. The molecule has 94 heavy (non-hydrogen) atoms. The maximum Gasteiger partial charge on any atom is 0.305 e. The Morgan fingerprint density at radius 2 is 0.532 bits per heavy atom. The maximum atomic E-state index is 12.6. The molecule has 0 heterocycles. The molecule has 554 valence electrons. The van der Waals surface area contributed by atoms with Gasteiger partial charge < -0.3 is 20.3 Å². The Bertz CT molecular complexity index is 1570. The van der Waals surface area contributed by atoms with Crippen LogP contribution in [0.3, 0.4) is 0 Å². The van der Waals surface area contributed by atoms with Gasteiger partial charge in [0.15, 0.2) is 0 Å². The van der Waals surface area contributed by atoms with Crippen molar-refractivity contribution in [2.75, 3.05) is 13.2 Å². The summed E-state index contributed by atoms with van der Waals surface area (Å²) in [7, 11) is 0. The van der Waals surface area contributed by atoms with Crippen LogP contribution in [0.1, 0.15) is 476 Å². The lowest BCUT2D eigenvalue weighted by Crippen LogP contribution is -2.45. The first-order chi connectivity index (χ1) is 46.5. The molecule has 0 aromatic rings. The van der Waals surface area contributed by atoms with Gasteiger partial charge in [-0.15, -0.1) is 0 Å². The van der Waals surface area contributed by atoms with Crippen molar-refractivity contribution in [3.63, 3.8) is 0 Å². The fraction of sp³-hybridized carbons (Fsp3) is 0.886. The summed E-state index contributed by atoms with van der Waals surface area (Å²) in [5.41, 5.74) is 0. The van der Waals surface area contributed by atoms with E-state index in [-0.39, 0.29) is 18.5 Å². The van der Waals surface area contributed by atoms with Crippen LogP contribution < -0.4 is 5.32 Å². The summed E-state index contributed by atoms with van der Waals surface area (Å²) >= 11 is 0. The number of esters is 1. The highest BCUT2D eigenvalue weighted by Crippen LogP contribution is 2.20. The second-order valence-corrected chi connectivity index (χ2v) is 29.5. The number of rotatable bonds is 81. The Hall–Kier alpha value is -2.18. The van der Waals surface area contributed by atoms with Gasteiger partial charge in [0.25, 0.3) is 0 Å². The largest absolute Gasteiger partial charge is 0.466 e. The Balaban J connectivity index is 3.36. The van der Waals surface area contributed by atoms with Crippen molar-refractivity contribution in [2.24, 2.45) is 0 Å². The van der Waals surface area contributed by atoms with Crippen LogP contribution in [-0.2, 0) is 14.3 Å². The third-order valence-corrected chi connectivity index (χ3v) is 20.1. The second-order valence-electron chi connectivity index (χ2n) is 29.5. The number of carbonyl (C=O) groups excluding carboxylic acids is 2. The van der Waals surface area contributed by atoms with Gasteiger partial charge in [0.05, 0.1) is 25.4 Å². The third kappa shape index (κ3) is 78.8. The van der Waals surface area contributed by atoms with E-state index in [9.17, 15) is 19.8 Å². The molecule has 0 aromatic carbocycles. The average molecular weight is 1320 g/mol. The zero-order valence-electron chi connectivity index (χ0n) is 63.7. The van der Waals surface area contributed by atoms with Gasteiger partial charge in [-0.25, -0.2) is 0 Å². The molecule has 0 radical (unpaired) electrons. The van der Waals surface area contributed by atoms with E-state index in [1.165, 1.54) is 385 Å². The summed E-state index contributed by atoms with van der Waals surface area (Å²) in [6.07, 6.45) is 111.